The molecule has 0 aliphatic carbocycles. The lowest BCUT2D eigenvalue weighted by Crippen LogP contribution is -2.80. The SMILES string of the molecule is CCCCCCCC(CC)C(NC(=O)OC(C)(C)C)(C(CC)CCCCCCC)C(C(CC)CCCCCCC)(C(CC)CCCCCCC)C(C(=O)O)(C(CC)CCCCCCC)C(CC)CCCCCCC. The van der Waals surface area contributed by atoms with Gasteiger partial charge in [-0.1, -0.05) is 314 Å². The number of carbonyl (C=O) groups is 2. The van der Waals surface area contributed by atoms with Crippen LogP contribution in [0, 0.1) is 46.3 Å². The molecule has 5 heteroatoms. The smallest absolute Gasteiger partial charge is 0.408 e. The second-order valence-electron chi connectivity index (χ2n) is 25.4. The third-order valence-corrected chi connectivity index (χ3v) is 19.2. The van der Waals surface area contributed by atoms with E-state index < -0.39 is 27.9 Å². The zero-order chi connectivity index (χ0) is 55.7. The molecule has 6 atom stereocenters. The maximum absolute atomic E-state index is 16.7. The van der Waals surface area contributed by atoms with Crippen molar-refractivity contribution in [3.8, 4) is 0 Å². The van der Waals surface area contributed by atoms with Crippen LogP contribution in [0.15, 0.2) is 0 Å². The van der Waals surface area contributed by atoms with Gasteiger partial charge in [0.25, 0.3) is 0 Å². The van der Waals surface area contributed by atoms with Gasteiger partial charge in [-0.05, 0) is 94.8 Å². The van der Waals surface area contributed by atoms with Crippen molar-refractivity contribution in [3.05, 3.63) is 0 Å². The molecule has 1 amide bonds. The topological polar surface area (TPSA) is 75.6 Å². The van der Waals surface area contributed by atoms with Crippen LogP contribution in [0.3, 0.4) is 0 Å². The predicted octanol–water partition coefficient (Wildman–Crippen LogP) is 23.6. The van der Waals surface area contributed by atoms with Gasteiger partial charge in [0, 0.05) is 5.41 Å². The number of ether oxygens (including phenoxy) is 1. The number of carbonyl (C=O) groups excluding carboxylic acids is 1. The number of amides is 1. The standard InChI is InChI=1S/C69H137NO4/c1-16-28-34-40-46-52-58(22-7)67(64(71)72,59(23-8)53-47-41-35-29-17-2)68(60(24-9)54-48-42-36-30-18-3,61(25-10)55-49-43-37-31-19-4)69(70-65(73)74-66(13,14)15,62(26-11)56-50-44-38-32-20-5)63(27-12)57-51-45-39-33-21-6/h58-63H,16-57H2,1-15H3,(H,70,73)(H,71,72). The van der Waals surface area contributed by atoms with Gasteiger partial charge in [0.1, 0.15) is 5.60 Å². The molecule has 0 aliphatic heterocycles. The first-order chi connectivity index (χ1) is 35.7. The van der Waals surface area contributed by atoms with Gasteiger partial charge in [0.15, 0.2) is 0 Å². The van der Waals surface area contributed by atoms with Gasteiger partial charge < -0.3 is 15.2 Å². The zero-order valence-corrected chi connectivity index (χ0v) is 53.3. The van der Waals surface area contributed by atoms with Crippen LogP contribution in [0.25, 0.3) is 0 Å². The summed E-state index contributed by atoms with van der Waals surface area (Å²) < 4.78 is 6.72. The van der Waals surface area contributed by atoms with Crippen molar-refractivity contribution >= 4 is 12.1 Å². The fraction of sp³-hybridized carbons (Fsp3) is 0.971. The van der Waals surface area contributed by atoms with E-state index >= 15 is 9.59 Å². The van der Waals surface area contributed by atoms with Crippen LogP contribution in [0.2, 0.25) is 0 Å². The number of carboxylic acid groups (broad SMARTS) is 1. The van der Waals surface area contributed by atoms with Crippen LogP contribution in [0.4, 0.5) is 4.79 Å². The minimum atomic E-state index is -1.08. The van der Waals surface area contributed by atoms with Crippen LogP contribution in [0.5, 0.6) is 0 Å². The van der Waals surface area contributed by atoms with Crippen molar-refractivity contribution in [1.29, 1.82) is 0 Å². The van der Waals surface area contributed by atoms with E-state index in [1.807, 2.05) is 20.8 Å². The Hall–Kier alpha value is -1.26. The third-order valence-electron chi connectivity index (χ3n) is 19.2. The minimum Gasteiger partial charge on any atom is -0.481 e. The maximum atomic E-state index is 16.7. The molecule has 0 heterocycles. The average Bonchev–Trinajstić information content (AvgIpc) is 3.37. The van der Waals surface area contributed by atoms with Crippen molar-refractivity contribution in [2.45, 2.75) is 385 Å². The Labute approximate surface area is 465 Å². The van der Waals surface area contributed by atoms with Crippen LogP contribution >= 0.6 is 0 Å². The average molecular weight is 1040 g/mol. The molecule has 0 aromatic carbocycles. The second kappa shape index (κ2) is 43.6. The third kappa shape index (κ3) is 22.8. The van der Waals surface area contributed by atoms with Gasteiger partial charge in [-0.3, -0.25) is 4.79 Å². The van der Waals surface area contributed by atoms with E-state index in [2.05, 4.69) is 88.4 Å². The van der Waals surface area contributed by atoms with Crippen LogP contribution < -0.4 is 5.32 Å². The molecule has 442 valence electrons. The Morgan fingerprint density at radius 3 is 0.797 bits per heavy atom. The Kier molecular flexibility index (Phi) is 42.9. The summed E-state index contributed by atoms with van der Waals surface area (Å²) in [4.78, 5) is 32.6. The molecule has 5 nitrogen and oxygen atoms in total. The lowest BCUT2D eigenvalue weighted by atomic mass is 9.32. The molecule has 0 aliphatic rings. The minimum absolute atomic E-state index is 0.0190. The highest BCUT2D eigenvalue weighted by Gasteiger charge is 2.76. The molecule has 0 saturated heterocycles. The Morgan fingerprint density at radius 1 is 0.351 bits per heavy atom. The van der Waals surface area contributed by atoms with Gasteiger partial charge in [0.2, 0.25) is 0 Å². The fourth-order valence-electron chi connectivity index (χ4n) is 15.8. The zero-order valence-electron chi connectivity index (χ0n) is 53.3. The number of rotatable bonds is 52. The largest absolute Gasteiger partial charge is 0.481 e. The number of carboxylic acids is 1. The molecule has 0 saturated carbocycles. The van der Waals surface area contributed by atoms with E-state index in [-0.39, 0.29) is 41.6 Å². The number of nitrogens with one attached hydrogen (secondary N) is 1. The van der Waals surface area contributed by atoms with Gasteiger partial charge in [0.05, 0.1) is 11.0 Å². The van der Waals surface area contributed by atoms with Crippen LogP contribution in [-0.4, -0.2) is 28.3 Å². The number of aliphatic carboxylic acids is 1. The second-order valence-corrected chi connectivity index (χ2v) is 25.4. The van der Waals surface area contributed by atoms with Crippen molar-refractivity contribution < 1.29 is 19.4 Å². The highest BCUT2D eigenvalue weighted by Crippen LogP contribution is 2.72. The Morgan fingerprint density at radius 2 is 0.581 bits per heavy atom. The number of unbranched alkanes of at least 4 members (excludes halogenated alkanes) is 24. The van der Waals surface area contributed by atoms with Crippen molar-refractivity contribution in [2.24, 2.45) is 46.3 Å². The number of alkyl carbamates (subject to hydrolysis) is 1. The summed E-state index contributed by atoms with van der Waals surface area (Å²) in [6.07, 6.45) is 46.9. The summed E-state index contributed by atoms with van der Waals surface area (Å²) in [6.45, 7) is 34.6. The quantitative estimate of drug-likeness (QED) is 0.0595. The predicted molar refractivity (Wildman–Crippen MR) is 328 cm³/mol. The summed E-state index contributed by atoms with van der Waals surface area (Å²) in [6, 6.07) is 0. The van der Waals surface area contributed by atoms with E-state index in [1.54, 1.807) is 0 Å². The summed E-state index contributed by atoms with van der Waals surface area (Å²) in [5, 5.41) is 18.0. The summed E-state index contributed by atoms with van der Waals surface area (Å²) in [5.41, 5.74) is -3.37. The van der Waals surface area contributed by atoms with E-state index in [9.17, 15) is 5.11 Å². The van der Waals surface area contributed by atoms with Gasteiger partial charge in [-0.15, -0.1) is 0 Å². The van der Waals surface area contributed by atoms with E-state index in [0.717, 1.165) is 128 Å². The first-order valence-corrected chi connectivity index (χ1v) is 33.9. The lowest BCUT2D eigenvalue weighted by Gasteiger charge is -2.72. The molecule has 0 aromatic rings. The molecular weight excluding hydrogens is 907 g/mol. The highest BCUT2D eigenvalue weighted by molar-refractivity contribution is 5.78. The van der Waals surface area contributed by atoms with E-state index in [4.69, 9.17) is 4.74 Å². The molecule has 74 heavy (non-hydrogen) atoms. The number of hydrogen-bond acceptors (Lipinski definition) is 3. The van der Waals surface area contributed by atoms with Crippen molar-refractivity contribution in [2.75, 3.05) is 0 Å². The molecule has 0 rings (SSSR count). The van der Waals surface area contributed by atoms with Gasteiger partial charge >= 0.3 is 12.1 Å². The molecular formula is C69H137NO4. The van der Waals surface area contributed by atoms with E-state index in [0.29, 0.717) is 0 Å². The Balaban J connectivity index is 10.3. The summed E-state index contributed by atoms with van der Waals surface area (Å²) >= 11 is 0. The van der Waals surface area contributed by atoms with Crippen LogP contribution in [0.1, 0.15) is 374 Å². The monoisotopic (exact) mass is 1040 g/mol. The fourth-order valence-corrected chi connectivity index (χ4v) is 15.8. The molecule has 0 spiro atoms. The molecule has 6 unspecified atom stereocenters. The summed E-state index contributed by atoms with van der Waals surface area (Å²) in [5.74, 6) is -0.126. The lowest BCUT2D eigenvalue weighted by molar-refractivity contribution is -0.244. The van der Waals surface area contributed by atoms with Gasteiger partial charge in [-0.2, -0.15) is 0 Å². The Bertz CT molecular complexity index is 1240. The summed E-state index contributed by atoms with van der Waals surface area (Å²) in [7, 11) is 0. The van der Waals surface area contributed by atoms with Crippen molar-refractivity contribution in [1.82, 2.24) is 5.32 Å². The van der Waals surface area contributed by atoms with E-state index in [1.165, 1.54) is 141 Å². The molecule has 0 fully saturated rings. The molecule has 0 radical (unpaired) electrons. The first-order valence-electron chi connectivity index (χ1n) is 33.9. The highest BCUT2D eigenvalue weighted by atomic mass is 16.6. The maximum Gasteiger partial charge on any atom is 0.408 e. The molecule has 0 bridgehead atoms. The van der Waals surface area contributed by atoms with Crippen LogP contribution in [-0.2, 0) is 9.53 Å². The molecule has 2 N–H and O–H groups in total. The number of hydrogen-bond donors (Lipinski definition) is 2. The first kappa shape index (κ1) is 72.7. The molecule has 0 aromatic heterocycles. The normalized spacial score (nSPS) is 17.1. The van der Waals surface area contributed by atoms with Crippen molar-refractivity contribution in [3.63, 3.8) is 0 Å². The van der Waals surface area contributed by atoms with Gasteiger partial charge in [-0.25, -0.2) is 4.79 Å².